The fraction of sp³-hybridized carbons (Fsp3) is 0.474. The van der Waals surface area contributed by atoms with Crippen LogP contribution in [0, 0.1) is 0 Å². The average Bonchev–Trinajstić information content (AvgIpc) is 3.41. The Labute approximate surface area is 158 Å². The average molecular weight is 393 g/mol. The van der Waals surface area contributed by atoms with E-state index >= 15 is 0 Å². The maximum absolute atomic E-state index is 12.5. The minimum absolute atomic E-state index is 0.00106. The zero-order valence-corrected chi connectivity index (χ0v) is 16.0. The highest BCUT2D eigenvalue weighted by molar-refractivity contribution is 7.91. The molecule has 0 radical (unpaired) electrons. The van der Waals surface area contributed by atoms with Crippen LogP contribution in [-0.4, -0.2) is 62.5 Å². The molecular formula is C19H23NO6S. The molecule has 1 saturated heterocycles. The van der Waals surface area contributed by atoms with Crippen molar-refractivity contribution in [3.8, 4) is 5.75 Å². The van der Waals surface area contributed by atoms with Crippen LogP contribution < -0.4 is 4.74 Å². The van der Waals surface area contributed by atoms with Gasteiger partial charge in [-0.2, -0.15) is 0 Å². The Kier molecular flexibility index (Phi) is 5.84. The second-order valence-electron chi connectivity index (χ2n) is 6.81. The first-order chi connectivity index (χ1) is 12.9. The second kappa shape index (κ2) is 8.12. The monoisotopic (exact) mass is 393 g/mol. The predicted octanol–water partition coefficient (Wildman–Crippen LogP) is 1.43. The van der Waals surface area contributed by atoms with Gasteiger partial charge in [0, 0.05) is 18.2 Å². The Bertz CT molecular complexity index is 844. The van der Waals surface area contributed by atoms with E-state index in [4.69, 9.17) is 9.47 Å². The number of hydrogen-bond acceptors (Lipinski definition) is 6. The van der Waals surface area contributed by atoms with Crippen LogP contribution in [0.2, 0.25) is 0 Å². The number of rotatable bonds is 7. The molecule has 1 amide bonds. The molecule has 1 aliphatic carbocycles. The Morgan fingerprint density at radius 3 is 2.63 bits per heavy atom. The van der Waals surface area contributed by atoms with E-state index in [9.17, 15) is 18.0 Å². The Morgan fingerprint density at radius 1 is 1.22 bits per heavy atom. The number of hydrogen-bond donors (Lipinski definition) is 0. The molecule has 1 atom stereocenters. The van der Waals surface area contributed by atoms with Gasteiger partial charge in [-0.1, -0.05) is 12.1 Å². The van der Waals surface area contributed by atoms with Crippen molar-refractivity contribution in [3.05, 3.63) is 35.9 Å². The number of esters is 1. The van der Waals surface area contributed by atoms with Crippen molar-refractivity contribution in [1.82, 2.24) is 4.90 Å². The minimum atomic E-state index is -3.08. The normalized spacial score (nSPS) is 21.1. The lowest BCUT2D eigenvalue weighted by Crippen LogP contribution is -2.44. The van der Waals surface area contributed by atoms with Crippen LogP contribution in [-0.2, 0) is 24.2 Å². The highest BCUT2D eigenvalue weighted by Gasteiger charge is 2.42. The third-order valence-electron chi connectivity index (χ3n) is 4.67. The lowest BCUT2D eigenvalue weighted by molar-refractivity contribution is -0.149. The Morgan fingerprint density at radius 2 is 2.00 bits per heavy atom. The van der Waals surface area contributed by atoms with Gasteiger partial charge in [-0.05, 0) is 43.0 Å². The minimum Gasteiger partial charge on any atom is -0.497 e. The van der Waals surface area contributed by atoms with E-state index < -0.39 is 15.8 Å². The standard InChI is InChI=1S/C19H23NO6S/c1-25-17-4-2-3-14(11-17)5-8-19(22)26-12-18(21)20(15-6-7-15)16-9-10-27(23,24)13-16/h2-5,8,11,15-16H,6-7,9-10,12-13H2,1H3/b8-5+/t16-/m1/s1. The van der Waals surface area contributed by atoms with Crippen LogP contribution in [0.15, 0.2) is 30.3 Å². The van der Waals surface area contributed by atoms with Crippen LogP contribution in [0.4, 0.5) is 0 Å². The SMILES string of the molecule is COc1cccc(/C=C/C(=O)OCC(=O)N(C2CC2)[C@@H]2CCS(=O)(=O)C2)c1. The van der Waals surface area contributed by atoms with Gasteiger partial charge in [0.25, 0.3) is 5.91 Å². The molecule has 0 bridgehead atoms. The van der Waals surface area contributed by atoms with Gasteiger partial charge in [-0.15, -0.1) is 0 Å². The highest BCUT2D eigenvalue weighted by atomic mass is 32.2. The van der Waals surface area contributed by atoms with E-state index in [-0.39, 0.29) is 36.1 Å². The molecular weight excluding hydrogens is 370 g/mol. The predicted molar refractivity (Wildman–Crippen MR) is 99.9 cm³/mol. The van der Waals surface area contributed by atoms with Crippen molar-refractivity contribution in [1.29, 1.82) is 0 Å². The number of carbonyl (C=O) groups is 2. The van der Waals surface area contributed by atoms with Crippen molar-refractivity contribution in [2.75, 3.05) is 25.2 Å². The van der Waals surface area contributed by atoms with E-state index in [1.165, 1.54) is 6.08 Å². The molecule has 1 heterocycles. The topological polar surface area (TPSA) is 90.0 Å². The number of methoxy groups -OCH3 is 1. The van der Waals surface area contributed by atoms with Gasteiger partial charge in [0.2, 0.25) is 0 Å². The van der Waals surface area contributed by atoms with Gasteiger partial charge in [0.15, 0.2) is 16.4 Å². The quantitative estimate of drug-likeness (QED) is 0.514. The molecule has 7 nitrogen and oxygen atoms in total. The molecule has 1 aromatic carbocycles. The van der Waals surface area contributed by atoms with E-state index in [0.29, 0.717) is 12.2 Å². The molecule has 8 heteroatoms. The molecule has 0 N–H and O–H groups in total. The smallest absolute Gasteiger partial charge is 0.331 e. The fourth-order valence-corrected chi connectivity index (χ4v) is 4.93. The Hall–Kier alpha value is -2.35. The summed E-state index contributed by atoms with van der Waals surface area (Å²) >= 11 is 0. The highest BCUT2D eigenvalue weighted by Crippen LogP contribution is 2.32. The van der Waals surface area contributed by atoms with Crippen LogP contribution in [0.1, 0.15) is 24.8 Å². The van der Waals surface area contributed by atoms with Crippen molar-refractivity contribution in [2.24, 2.45) is 0 Å². The molecule has 3 rings (SSSR count). The number of nitrogens with zero attached hydrogens (tertiary/aromatic N) is 1. The first-order valence-electron chi connectivity index (χ1n) is 8.88. The van der Waals surface area contributed by atoms with E-state index in [2.05, 4.69) is 0 Å². The molecule has 2 fully saturated rings. The maximum Gasteiger partial charge on any atom is 0.331 e. The van der Waals surface area contributed by atoms with Gasteiger partial charge in [0.1, 0.15) is 5.75 Å². The first-order valence-corrected chi connectivity index (χ1v) is 10.7. The van der Waals surface area contributed by atoms with Crippen LogP contribution in [0.25, 0.3) is 6.08 Å². The maximum atomic E-state index is 12.5. The summed E-state index contributed by atoms with van der Waals surface area (Å²) in [6, 6.07) is 6.94. The van der Waals surface area contributed by atoms with E-state index in [1.54, 1.807) is 36.3 Å². The number of amides is 1. The van der Waals surface area contributed by atoms with Crippen LogP contribution in [0.5, 0.6) is 5.75 Å². The largest absolute Gasteiger partial charge is 0.497 e. The van der Waals surface area contributed by atoms with Gasteiger partial charge in [-0.25, -0.2) is 13.2 Å². The van der Waals surface area contributed by atoms with Crippen molar-refractivity contribution in [3.63, 3.8) is 0 Å². The van der Waals surface area contributed by atoms with Gasteiger partial charge >= 0.3 is 5.97 Å². The molecule has 2 aliphatic rings. The summed E-state index contributed by atoms with van der Waals surface area (Å²) in [5.41, 5.74) is 0.772. The second-order valence-corrected chi connectivity index (χ2v) is 9.04. The van der Waals surface area contributed by atoms with Gasteiger partial charge < -0.3 is 14.4 Å². The van der Waals surface area contributed by atoms with E-state index in [1.807, 2.05) is 6.07 Å². The van der Waals surface area contributed by atoms with Crippen LogP contribution in [0.3, 0.4) is 0 Å². The summed E-state index contributed by atoms with van der Waals surface area (Å²) in [5, 5.41) is 0. The molecule has 0 spiro atoms. The van der Waals surface area contributed by atoms with Gasteiger partial charge in [-0.3, -0.25) is 4.79 Å². The molecule has 1 saturated carbocycles. The zero-order valence-electron chi connectivity index (χ0n) is 15.2. The van der Waals surface area contributed by atoms with Crippen molar-refractivity contribution >= 4 is 27.8 Å². The van der Waals surface area contributed by atoms with E-state index in [0.717, 1.165) is 18.4 Å². The molecule has 27 heavy (non-hydrogen) atoms. The third kappa shape index (κ3) is 5.32. The number of ether oxygens (including phenoxy) is 2. The Balaban J connectivity index is 1.54. The summed E-state index contributed by atoms with van der Waals surface area (Å²) in [6.07, 6.45) is 5.02. The number of carbonyl (C=O) groups excluding carboxylic acids is 2. The van der Waals surface area contributed by atoms with Crippen molar-refractivity contribution in [2.45, 2.75) is 31.3 Å². The number of sulfone groups is 1. The summed E-state index contributed by atoms with van der Waals surface area (Å²) in [5.74, 6) is -0.174. The molecule has 0 aromatic heterocycles. The zero-order chi connectivity index (χ0) is 19.4. The molecule has 1 aromatic rings. The summed E-state index contributed by atoms with van der Waals surface area (Å²) in [7, 11) is -1.52. The summed E-state index contributed by atoms with van der Waals surface area (Å²) in [6.45, 7) is -0.381. The molecule has 0 unspecified atom stereocenters. The first kappa shape index (κ1) is 19.4. The summed E-state index contributed by atoms with van der Waals surface area (Å²) in [4.78, 5) is 26.0. The van der Waals surface area contributed by atoms with Crippen molar-refractivity contribution < 1.29 is 27.5 Å². The fourth-order valence-electron chi connectivity index (χ4n) is 3.22. The number of benzene rings is 1. The van der Waals surface area contributed by atoms with Crippen LogP contribution >= 0.6 is 0 Å². The summed E-state index contributed by atoms with van der Waals surface area (Å²) < 4.78 is 33.6. The molecule has 1 aliphatic heterocycles. The van der Waals surface area contributed by atoms with Gasteiger partial charge in [0.05, 0.1) is 18.6 Å². The third-order valence-corrected chi connectivity index (χ3v) is 6.42. The molecule has 146 valence electrons. The lowest BCUT2D eigenvalue weighted by Gasteiger charge is -2.28. The lowest BCUT2D eigenvalue weighted by atomic mass is 10.2.